The van der Waals surface area contributed by atoms with Gasteiger partial charge in [-0.1, -0.05) is 0 Å². The minimum atomic E-state index is 0. The Morgan fingerprint density at radius 3 is 3.17 bits per heavy atom. The van der Waals surface area contributed by atoms with Gasteiger partial charge in [-0.05, 0) is 37.3 Å². The zero-order valence-electron chi connectivity index (χ0n) is 12.9. The fraction of sp³-hybridized carbons (Fsp3) is 0.533. The minimum Gasteiger partial charge on any atom is -0.356 e. The number of nitrogens with one attached hydrogen (secondary N) is 1. The Kier molecular flexibility index (Phi) is 6.56. The highest BCUT2D eigenvalue weighted by Gasteiger charge is 2.27. The van der Waals surface area contributed by atoms with Crippen molar-refractivity contribution in [3.8, 4) is 0 Å². The van der Waals surface area contributed by atoms with E-state index in [1.165, 1.54) is 0 Å². The summed E-state index contributed by atoms with van der Waals surface area (Å²) in [6, 6.07) is 2.06. The van der Waals surface area contributed by atoms with Crippen molar-refractivity contribution in [1.82, 2.24) is 15.3 Å². The maximum atomic E-state index is 12.3. The summed E-state index contributed by atoms with van der Waals surface area (Å²) in [5, 5.41) is 6.09. The van der Waals surface area contributed by atoms with Crippen LogP contribution in [0.4, 0.5) is 5.82 Å². The molecule has 1 fully saturated rings. The molecule has 0 spiro atoms. The lowest BCUT2D eigenvalue weighted by molar-refractivity contribution is -0.125. The lowest BCUT2D eigenvalue weighted by Gasteiger charge is -2.33. The number of rotatable bonds is 5. The fourth-order valence-electron chi connectivity index (χ4n) is 2.87. The van der Waals surface area contributed by atoms with E-state index in [1.807, 2.05) is 5.38 Å². The van der Waals surface area contributed by atoms with Crippen LogP contribution in [0, 0.1) is 5.92 Å². The number of amides is 1. The predicted molar refractivity (Wildman–Crippen MR) is 96.3 cm³/mol. The van der Waals surface area contributed by atoms with Crippen molar-refractivity contribution in [1.29, 1.82) is 0 Å². The molecule has 0 aromatic carbocycles. The molecule has 1 atom stereocenters. The number of fused-ring (bicyclic) bond motifs is 1. The maximum absolute atomic E-state index is 12.3. The number of piperidine rings is 1. The van der Waals surface area contributed by atoms with E-state index in [2.05, 4.69) is 26.3 Å². The third-order valence-electron chi connectivity index (χ3n) is 4.01. The molecule has 2 aromatic heterocycles. The molecular formula is C15H22ClN5OS. The van der Waals surface area contributed by atoms with Gasteiger partial charge in [0, 0.05) is 19.6 Å². The first-order valence-electron chi connectivity index (χ1n) is 7.70. The van der Waals surface area contributed by atoms with Crippen LogP contribution in [0.15, 0.2) is 17.8 Å². The van der Waals surface area contributed by atoms with Crippen molar-refractivity contribution in [3.63, 3.8) is 0 Å². The zero-order valence-corrected chi connectivity index (χ0v) is 14.5. The molecule has 1 amide bonds. The molecule has 23 heavy (non-hydrogen) atoms. The third kappa shape index (κ3) is 4.10. The molecule has 2 aromatic rings. The Labute approximate surface area is 145 Å². The van der Waals surface area contributed by atoms with E-state index in [0.29, 0.717) is 13.1 Å². The molecule has 8 heteroatoms. The van der Waals surface area contributed by atoms with Crippen LogP contribution in [0.2, 0.25) is 0 Å². The number of carbonyl (C=O) groups is 1. The highest BCUT2D eigenvalue weighted by atomic mass is 35.5. The molecular weight excluding hydrogens is 334 g/mol. The van der Waals surface area contributed by atoms with Crippen LogP contribution in [-0.4, -0.2) is 42.1 Å². The molecule has 3 N–H and O–H groups in total. The van der Waals surface area contributed by atoms with E-state index in [1.54, 1.807) is 17.7 Å². The van der Waals surface area contributed by atoms with Gasteiger partial charge >= 0.3 is 0 Å². The number of nitrogens with two attached hydrogens (primary N) is 1. The highest BCUT2D eigenvalue weighted by molar-refractivity contribution is 7.16. The van der Waals surface area contributed by atoms with Crippen molar-refractivity contribution in [2.75, 3.05) is 31.1 Å². The van der Waals surface area contributed by atoms with Gasteiger partial charge in [0.2, 0.25) is 5.91 Å². The first kappa shape index (κ1) is 17.9. The first-order chi connectivity index (χ1) is 10.8. The largest absolute Gasteiger partial charge is 0.356 e. The first-order valence-corrected chi connectivity index (χ1v) is 8.58. The number of carbonyl (C=O) groups excluding carboxylic acids is 1. The molecule has 6 nitrogen and oxygen atoms in total. The molecule has 1 aliphatic heterocycles. The molecule has 3 rings (SSSR count). The van der Waals surface area contributed by atoms with E-state index in [0.717, 1.165) is 48.4 Å². The van der Waals surface area contributed by atoms with Crippen LogP contribution in [0.5, 0.6) is 0 Å². The van der Waals surface area contributed by atoms with Gasteiger partial charge in [-0.15, -0.1) is 23.7 Å². The normalized spacial score (nSPS) is 17.8. The van der Waals surface area contributed by atoms with Gasteiger partial charge in [0.15, 0.2) is 0 Å². The monoisotopic (exact) mass is 355 g/mol. The van der Waals surface area contributed by atoms with E-state index in [9.17, 15) is 4.79 Å². The van der Waals surface area contributed by atoms with E-state index in [4.69, 9.17) is 5.73 Å². The number of halogens is 1. The van der Waals surface area contributed by atoms with Gasteiger partial charge < -0.3 is 16.0 Å². The molecule has 1 saturated heterocycles. The van der Waals surface area contributed by atoms with Gasteiger partial charge in [0.05, 0.1) is 11.3 Å². The summed E-state index contributed by atoms with van der Waals surface area (Å²) in [5.74, 6) is 1.11. The van der Waals surface area contributed by atoms with E-state index < -0.39 is 0 Å². The predicted octanol–water partition coefficient (Wildman–Crippen LogP) is 1.79. The molecule has 0 aliphatic carbocycles. The molecule has 1 unspecified atom stereocenters. The summed E-state index contributed by atoms with van der Waals surface area (Å²) in [4.78, 5) is 24.2. The average molecular weight is 356 g/mol. The number of thiophene rings is 1. The Balaban J connectivity index is 0.00000192. The van der Waals surface area contributed by atoms with Crippen LogP contribution in [0.3, 0.4) is 0 Å². The van der Waals surface area contributed by atoms with Crippen molar-refractivity contribution >= 4 is 45.7 Å². The molecule has 1 aliphatic rings. The summed E-state index contributed by atoms with van der Waals surface area (Å²) in [6.45, 7) is 2.92. The number of aromatic nitrogens is 2. The molecule has 126 valence electrons. The Bertz CT molecular complexity index is 650. The minimum absolute atomic E-state index is 0. The second kappa shape index (κ2) is 8.42. The Hall–Kier alpha value is -1.44. The number of anilines is 1. The van der Waals surface area contributed by atoms with Crippen LogP contribution in [0.25, 0.3) is 10.2 Å². The average Bonchev–Trinajstić information content (AvgIpc) is 3.03. The van der Waals surface area contributed by atoms with Crippen LogP contribution >= 0.6 is 23.7 Å². The number of nitrogens with zero attached hydrogens (tertiary/aromatic N) is 3. The smallest absolute Gasteiger partial charge is 0.224 e. The summed E-state index contributed by atoms with van der Waals surface area (Å²) in [7, 11) is 0. The van der Waals surface area contributed by atoms with Crippen LogP contribution < -0.4 is 16.0 Å². The van der Waals surface area contributed by atoms with Gasteiger partial charge in [-0.25, -0.2) is 9.97 Å². The SMILES string of the molecule is Cl.NCCCNC(=O)C1CCCN(c2ncnc3sccc23)C1. The zero-order chi connectivity index (χ0) is 15.4. The Morgan fingerprint density at radius 2 is 2.35 bits per heavy atom. The maximum Gasteiger partial charge on any atom is 0.224 e. The second-order valence-electron chi connectivity index (χ2n) is 5.56. The molecule has 0 saturated carbocycles. The van der Waals surface area contributed by atoms with E-state index >= 15 is 0 Å². The van der Waals surface area contributed by atoms with Crippen LogP contribution in [-0.2, 0) is 4.79 Å². The molecule has 0 bridgehead atoms. The van der Waals surface area contributed by atoms with Crippen molar-refractivity contribution < 1.29 is 4.79 Å². The topological polar surface area (TPSA) is 84.1 Å². The van der Waals surface area contributed by atoms with Crippen molar-refractivity contribution in [2.45, 2.75) is 19.3 Å². The highest BCUT2D eigenvalue weighted by Crippen LogP contribution is 2.29. The Morgan fingerprint density at radius 1 is 1.48 bits per heavy atom. The summed E-state index contributed by atoms with van der Waals surface area (Å²) >= 11 is 1.62. The quantitative estimate of drug-likeness (QED) is 0.799. The van der Waals surface area contributed by atoms with E-state index in [-0.39, 0.29) is 24.2 Å². The van der Waals surface area contributed by atoms with Gasteiger partial charge in [0.1, 0.15) is 17.0 Å². The van der Waals surface area contributed by atoms with Crippen LogP contribution in [0.1, 0.15) is 19.3 Å². The van der Waals surface area contributed by atoms with Gasteiger partial charge in [0.25, 0.3) is 0 Å². The van der Waals surface area contributed by atoms with Gasteiger partial charge in [-0.3, -0.25) is 4.79 Å². The summed E-state index contributed by atoms with van der Waals surface area (Å²) in [6.07, 6.45) is 4.37. The number of hydrogen-bond acceptors (Lipinski definition) is 6. The third-order valence-corrected chi connectivity index (χ3v) is 4.83. The van der Waals surface area contributed by atoms with Gasteiger partial charge in [-0.2, -0.15) is 0 Å². The lowest BCUT2D eigenvalue weighted by Crippen LogP contribution is -2.43. The van der Waals surface area contributed by atoms with Crippen molar-refractivity contribution in [2.24, 2.45) is 11.7 Å². The summed E-state index contributed by atoms with van der Waals surface area (Å²) in [5.41, 5.74) is 5.46. The lowest BCUT2D eigenvalue weighted by atomic mass is 9.97. The van der Waals surface area contributed by atoms with Crippen molar-refractivity contribution in [3.05, 3.63) is 17.8 Å². The molecule has 3 heterocycles. The number of hydrogen-bond donors (Lipinski definition) is 2. The standard InChI is InChI=1S/C15H21N5OS.ClH/c16-5-2-6-17-14(21)11-3-1-7-20(9-11)13-12-4-8-22-15(12)19-10-18-13;/h4,8,10-11H,1-3,5-7,9,16H2,(H,17,21);1H. The summed E-state index contributed by atoms with van der Waals surface area (Å²) < 4.78 is 0. The molecule has 0 radical (unpaired) electrons. The fourth-order valence-corrected chi connectivity index (χ4v) is 3.60. The second-order valence-corrected chi connectivity index (χ2v) is 6.45.